The highest BCUT2D eigenvalue weighted by Gasteiger charge is 2.16. The second-order valence-corrected chi connectivity index (χ2v) is 6.97. The topological polar surface area (TPSA) is 74.6 Å². The summed E-state index contributed by atoms with van der Waals surface area (Å²) in [7, 11) is 1.57. The van der Waals surface area contributed by atoms with E-state index in [-0.39, 0.29) is 5.57 Å². The normalized spacial score (nSPS) is 14.3. The molecule has 1 N–H and O–H groups in total. The van der Waals surface area contributed by atoms with Gasteiger partial charge in [0.2, 0.25) is 0 Å². The van der Waals surface area contributed by atoms with Gasteiger partial charge in [0.1, 0.15) is 17.4 Å². The van der Waals surface area contributed by atoms with Crippen molar-refractivity contribution in [3.8, 4) is 11.8 Å². The van der Waals surface area contributed by atoms with Gasteiger partial charge >= 0.3 is 0 Å². The smallest absolute Gasteiger partial charge is 0.266 e. The minimum atomic E-state index is -0.503. The first kappa shape index (κ1) is 20.7. The van der Waals surface area contributed by atoms with Crippen LogP contribution in [0.4, 0.5) is 11.4 Å². The summed E-state index contributed by atoms with van der Waals surface area (Å²) < 4.78 is 10.9. The summed E-state index contributed by atoms with van der Waals surface area (Å²) in [5, 5.41) is 12.8. The summed E-state index contributed by atoms with van der Waals surface area (Å²) in [6, 6.07) is 12.9. The first-order valence-corrected chi connectivity index (χ1v) is 9.60. The zero-order chi connectivity index (χ0) is 20.8. The highest BCUT2D eigenvalue weighted by atomic mass is 35.5. The highest BCUT2D eigenvalue weighted by molar-refractivity contribution is 6.31. The maximum atomic E-state index is 12.6. The largest absolute Gasteiger partial charge is 0.496 e. The number of anilines is 2. The van der Waals surface area contributed by atoms with Crippen molar-refractivity contribution in [3.05, 3.63) is 58.1 Å². The van der Waals surface area contributed by atoms with Crippen LogP contribution in [0.3, 0.4) is 0 Å². The Morgan fingerprint density at radius 1 is 1.31 bits per heavy atom. The molecule has 0 saturated carbocycles. The van der Waals surface area contributed by atoms with Gasteiger partial charge in [0.05, 0.1) is 20.3 Å². The van der Waals surface area contributed by atoms with Crippen molar-refractivity contribution in [2.75, 3.05) is 43.6 Å². The number of carbonyl (C=O) groups is 1. The lowest BCUT2D eigenvalue weighted by molar-refractivity contribution is -0.112. The van der Waals surface area contributed by atoms with Gasteiger partial charge < -0.3 is 19.7 Å². The van der Waals surface area contributed by atoms with Crippen LogP contribution in [0.1, 0.15) is 11.1 Å². The first-order chi connectivity index (χ1) is 14.0. The van der Waals surface area contributed by atoms with E-state index in [0.717, 1.165) is 24.3 Å². The van der Waals surface area contributed by atoms with Gasteiger partial charge in [-0.05, 0) is 42.8 Å². The molecule has 150 valence electrons. The zero-order valence-electron chi connectivity index (χ0n) is 16.4. The maximum Gasteiger partial charge on any atom is 0.266 e. The SMILES string of the molecule is COc1cc(N2CCOCC2)ccc1/C=C(/C#N)C(=O)Nc1cccc(Cl)c1C. The number of hydrogen-bond donors (Lipinski definition) is 1. The fraction of sp³-hybridized carbons (Fsp3) is 0.273. The van der Waals surface area contributed by atoms with Gasteiger partial charge in [0.25, 0.3) is 5.91 Å². The van der Waals surface area contributed by atoms with Crippen molar-refractivity contribution in [1.29, 1.82) is 5.26 Å². The molecular formula is C22H22ClN3O3. The lowest BCUT2D eigenvalue weighted by Crippen LogP contribution is -2.36. The molecule has 0 radical (unpaired) electrons. The van der Waals surface area contributed by atoms with E-state index in [1.54, 1.807) is 32.2 Å². The number of methoxy groups -OCH3 is 1. The predicted molar refractivity (Wildman–Crippen MR) is 114 cm³/mol. The van der Waals surface area contributed by atoms with E-state index in [4.69, 9.17) is 21.1 Å². The molecule has 0 aromatic heterocycles. The molecular weight excluding hydrogens is 390 g/mol. The van der Waals surface area contributed by atoms with Gasteiger partial charge in [-0.2, -0.15) is 5.26 Å². The molecule has 3 rings (SSSR count). The molecule has 1 aliphatic rings. The van der Waals surface area contributed by atoms with Crippen molar-refractivity contribution in [3.63, 3.8) is 0 Å². The molecule has 1 fully saturated rings. The van der Waals surface area contributed by atoms with Crippen molar-refractivity contribution >= 4 is 35.0 Å². The first-order valence-electron chi connectivity index (χ1n) is 9.22. The predicted octanol–water partition coefficient (Wildman–Crippen LogP) is 4.04. The Bertz CT molecular complexity index is 976. The average Bonchev–Trinajstić information content (AvgIpc) is 2.75. The fourth-order valence-corrected chi connectivity index (χ4v) is 3.25. The van der Waals surface area contributed by atoms with E-state index >= 15 is 0 Å². The minimum Gasteiger partial charge on any atom is -0.496 e. The van der Waals surface area contributed by atoms with Crippen LogP contribution < -0.4 is 15.0 Å². The summed E-state index contributed by atoms with van der Waals surface area (Å²) in [6.45, 7) is 4.80. The van der Waals surface area contributed by atoms with Crippen LogP contribution in [0.5, 0.6) is 5.75 Å². The lowest BCUT2D eigenvalue weighted by atomic mass is 10.1. The van der Waals surface area contributed by atoms with Crippen LogP contribution in [0.15, 0.2) is 42.0 Å². The third kappa shape index (κ3) is 4.89. The minimum absolute atomic E-state index is 0.0261. The van der Waals surface area contributed by atoms with Crippen molar-refractivity contribution in [1.82, 2.24) is 0 Å². The number of carbonyl (C=O) groups excluding carboxylic acids is 1. The Hall–Kier alpha value is -3.01. The number of ether oxygens (including phenoxy) is 2. The number of nitrogens with zero attached hydrogens (tertiary/aromatic N) is 2. The lowest BCUT2D eigenvalue weighted by Gasteiger charge is -2.29. The third-order valence-electron chi connectivity index (χ3n) is 4.77. The summed E-state index contributed by atoms with van der Waals surface area (Å²) in [5.74, 6) is 0.0886. The van der Waals surface area contributed by atoms with Crippen LogP contribution >= 0.6 is 11.6 Å². The van der Waals surface area contributed by atoms with E-state index in [1.807, 2.05) is 24.3 Å². The van der Waals surface area contributed by atoms with E-state index in [1.165, 1.54) is 6.08 Å². The number of halogens is 1. The number of rotatable bonds is 5. The Labute approximate surface area is 175 Å². The van der Waals surface area contributed by atoms with Gasteiger partial charge in [-0.15, -0.1) is 0 Å². The molecule has 1 saturated heterocycles. The van der Waals surface area contributed by atoms with E-state index in [0.29, 0.717) is 35.2 Å². The van der Waals surface area contributed by atoms with Crippen LogP contribution in [0.2, 0.25) is 5.02 Å². The third-order valence-corrected chi connectivity index (χ3v) is 5.18. The van der Waals surface area contributed by atoms with Crippen LogP contribution in [0, 0.1) is 18.3 Å². The molecule has 29 heavy (non-hydrogen) atoms. The number of hydrogen-bond acceptors (Lipinski definition) is 5. The number of amides is 1. The van der Waals surface area contributed by atoms with E-state index in [9.17, 15) is 10.1 Å². The van der Waals surface area contributed by atoms with E-state index in [2.05, 4.69) is 10.2 Å². The molecule has 0 aliphatic carbocycles. The van der Waals surface area contributed by atoms with Crippen molar-refractivity contribution < 1.29 is 14.3 Å². The second-order valence-electron chi connectivity index (χ2n) is 6.56. The van der Waals surface area contributed by atoms with Crippen molar-refractivity contribution in [2.45, 2.75) is 6.92 Å². The number of benzene rings is 2. The number of morpholine rings is 1. The molecule has 2 aromatic rings. The second kappa shape index (κ2) is 9.46. The molecule has 1 heterocycles. The quantitative estimate of drug-likeness (QED) is 0.593. The van der Waals surface area contributed by atoms with Gasteiger partial charge in [-0.3, -0.25) is 4.79 Å². The summed E-state index contributed by atoms with van der Waals surface area (Å²) in [6.07, 6.45) is 1.52. The van der Waals surface area contributed by atoms with Gasteiger partial charge in [-0.25, -0.2) is 0 Å². The zero-order valence-corrected chi connectivity index (χ0v) is 17.1. The van der Waals surface area contributed by atoms with Gasteiger partial charge in [0.15, 0.2) is 0 Å². The molecule has 1 aliphatic heterocycles. The molecule has 2 aromatic carbocycles. The van der Waals surface area contributed by atoms with Crippen LogP contribution in [-0.4, -0.2) is 39.3 Å². The van der Waals surface area contributed by atoms with Gasteiger partial charge in [0, 0.05) is 41.1 Å². The average molecular weight is 412 g/mol. The number of nitrogens with one attached hydrogen (secondary N) is 1. The molecule has 7 heteroatoms. The molecule has 6 nitrogen and oxygen atoms in total. The highest BCUT2D eigenvalue weighted by Crippen LogP contribution is 2.29. The summed E-state index contributed by atoms with van der Waals surface area (Å²) in [5.41, 5.74) is 2.95. The molecule has 0 atom stereocenters. The van der Waals surface area contributed by atoms with Crippen molar-refractivity contribution in [2.24, 2.45) is 0 Å². The van der Waals surface area contributed by atoms with Crippen LogP contribution in [0.25, 0.3) is 6.08 Å². The molecule has 0 bridgehead atoms. The Morgan fingerprint density at radius 2 is 2.07 bits per heavy atom. The van der Waals surface area contributed by atoms with Crippen LogP contribution in [-0.2, 0) is 9.53 Å². The number of nitriles is 1. The summed E-state index contributed by atoms with van der Waals surface area (Å²) >= 11 is 6.10. The Morgan fingerprint density at radius 3 is 2.76 bits per heavy atom. The standard InChI is InChI=1S/C22H22ClN3O3/c1-15-19(23)4-3-5-20(15)25-22(27)17(14-24)12-16-6-7-18(13-21(16)28-2)26-8-10-29-11-9-26/h3-7,12-13H,8-11H2,1-2H3,(H,25,27)/b17-12-. The monoisotopic (exact) mass is 411 g/mol. The Kier molecular flexibility index (Phi) is 6.76. The molecule has 0 spiro atoms. The molecule has 1 amide bonds. The summed E-state index contributed by atoms with van der Waals surface area (Å²) in [4.78, 5) is 14.8. The Balaban J connectivity index is 1.85. The van der Waals surface area contributed by atoms with E-state index < -0.39 is 5.91 Å². The van der Waals surface area contributed by atoms with Gasteiger partial charge in [-0.1, -0.05) is 17.7 Å². The molecule has 0 unspecified atom stereocenters. The maximum absolute atomic E-state index is 12.6. The fourth-order valence-electron chi connectivity index (χ4n) is 3.07.